The number of nitrogens with one attached hydrogen (secondary N) is 1. The van der Waals surface area contributed by atoms with Crippen molar-refractivity contribution in [3.05, 3.63) is 34.9 Å². The lowest BCUT2D eigenvalue weighted by atomic mass is 9.89. The number of carbonyl (C=O) groups is 2. The second-order valence-corrected chi connectivity index (χ2v) is 6.22. The Bertz CT molecular complexity index is 574. The van der Waals surface area contributed by atoms with Gasteiger partial charge in [0.2, 0.25) is 0 Å². The Hall–Kier alpha value is -1.59. The fraction of sp³-hybridized carbons (Fsp3) is 0.500. The van der Waals surface area contributed by atoms with Crippen LogP contribution in [0.2, 0.25) is 5.02 Å². The van der Waals surface area contributed by atoms with Gasteiger partial charge in [-0.25, -0.2) is 4.79 Å². The zero-order chi connectivity index (χ0) is 15.7. The molecule has 0 aromatic heterocycles. The van der Waals surface area contributed by atoms with Gasteiger partial charge in [0.25, 0.3) is 0 Å². The van der Waals surface area contributed by atoms with Crippen molar-refractivity contribution in [1.82, 2.24) is 5.32 Å². The minimum atomic E-state index is -0.450. The van der Waals surface area contributed by atoms with Gasteiger partial charge < -0.3 is 14.8 Å². The predicted molar refractivity (Wildman–Crippen MR) is 80.7 cm³/mol. The number of ether oxygens (including phenoxy) is 2. The van der Waals surface area contributed by atoms with Gasteiger partial charge in [-0.2, -0.15) is 0 Å². The number of piperidine rings is 1. The molecule has 4 atom stereocenters. The molecule has 118 valence electrons. The maximum Gasteiger partial charge on any atom is 0.338 e. The third-order valence-corrected chi connectivity index (χ3v) is 4.69. The van der Waals surface area contributed by atoms with Crippen LogP contribution >= 0.6 is 11.6 Å². The van der Waals surface area contributed by atoms with Crippen LogP contribution in [0.15, 0.2) is 24.3 Å². The van der Waals surface area contributed by atoms with Crippen molar-refractivity contribution < 1.29 is 19.1 Å². The minimum Gasteiger partial charge on any atom is -0.469 e. The van der Waals surface area contributed by atoms with E-state index in [1.54, 1.807) is 24.3 Å². The molecular formula is C16H18ClNO4. The van der Waals surface area contributed by atoms with Gasteiger partial charge in [0.15, 0.2) is 0 Å². The Kier molecular flexibility index (Phi) is 4.36. The summed E-state index contributed by atoms with van der Waals surface area (Å²) in [7, 11) is 1.36. The van der Waals surface area contributed by atoms with Crippen LogP contribution in [-0.2, 0) is 14.3 Å². The molecule has 2 saturated heterocycles. The molecule has 1 N–H and O–H groups in total. The Balaban J connectivity index is 1.75. The van der Waals surface area contributed by atoms with Crippen LogP contribution in [0.3, 0.4) is 0 Å². The molecule has 1 aromatic rings. The Morgan fingerprint density at radius 3 is 2.64 bits per heavy atom. The molecule has 0 aliphatic carbocycles. The molecule has 22 heavy (non-hydrogen) atoms. The number of halogens is 1. The van der Waals surface area contributed by atoms with E-state index < -0.39 is 18.0 Å². The van der Waals surface area contributed by atoms with Crippen molar-refractivity contribution in [3.63, 3.8) is 0 Å². The SMILES string of the molecule is COC(=O)[C@H]1[C@@H](OC(=O)c2ccc(Cl)cc2)C[C@@H]2CC[C@H]1N2. The molecule has 2 fully saturated rings. The summed E-state index contributed by atoms with van der Waals surface area (Å²) in [5.74, 6) is -1.20. The Morgan fingerprint density at radius 1 is 1.23 bits per heavy atom. The molecular weight excluding hydrogens is 306 g/mol. The van der Waals surface area contributed by atoms with E-state index in [0.29, 0.717) is 23.0 Å². The van der Waals surface area contributed by atoms with E-state index in [-0.39, 0.29) is 12.0 Å². The molecule has 3 rings (SSSR count). The van der Waals surface area contributed by atoms with E-state index in [1.165, 1.54) is 7.11 Å². The molecule has 0 radical (unpaired) electrons. The van der Waals surface area contributed by atoms with Crippen molar-refractivity contribution in [2.75, 3.05) is 7.11 Å². The quantitative estimate of drug-likeness (QED) is 0.864. The molecule has 2 aliphatic rings. The highest BCUT2D eigenvalue weighted by Crippen LogP contribution is 2.34. The number of hydrogen-bond acceptors (Lipinski definition) is 5. The number of methoxy groups -OCH3 is 1. The number of esters is 2. The highest BCUT2D eigenvalue weighted by molar-refractivity contribution is 6.30. The molecule has 0 amide bonds. The lowest BCUT2D eigenvalue weighted by molar-refractivity contribution is -0.152. The maximum atomic E-state index is 12.3. The summed E-state index contributed by atoms with van der Waals surface area (Å²) >= 11 is 5.82. The summed E-state index contributed by atoms with van der Waals surface area (Å²) in [5, 5.41) is 3.96. The fourth-order valence-corrected chi connectivity index (χ4v) is 3.50. The van der Waals surface area contributed by atoms with Crippen molar-refractivity contribution in [2.24, 2.45) is 5.92 Å². The maximum absolute atomic E-state index is 12.3. The third kappa shape index (κ3) is 2.96. The largest absolute Gasteiger partial charge is 0.469 e. The predicted octanol–water partition coefficient (Wildman–Crippen LogP) is 2.18. The summed E-state index contributed by atoms with van der Waals surface area (Å²) in [4.78, 5) is 24.3. The molecule has 2 aliphatic heterocycles. The van der Waals surface area contributed by atoms with Gasteiger partial charge >= 0.3 is 11.9 Å². The third-order valence-electron chi connectivity index (χ3n) is 4.44. The molecule has 5 nitrogen and oxygen atoms in total. The molecule has 0 saturated carbocycles. The monoisotopic (exact) mass is 323 g/mol. The average Bonchev–Trinajstić information content (AvgIpc) is 2.89. The van der Waals surface area contributed by atoms with Gasteiger partial charge in [-0.3, -0.25) is 4.79 Å². The molecule has 1 aromatic carbocycles. The molecule has 6 heteroatoms. The summed E-state index contributed by atoms with van der Waals surface area (Å²) in [6.07, 6.45) is 2.08. The molecule has 2 bridgehead atoms. The van der Waals surface area contributed by atoms with Crippen molar-refractivity contribution >= 4 is 23.5 Å². The van der Waals surface area contributed by atoms with Crippen LogP contribution in [0, 0.1) is 5.92 Å². The molecule has 0 spiro atoms. The van der Waals surface area contributed by atoms with Gasteiger partial charge in [0, 0.05) is 23.5 Å². The second-order valence-electron chi connectivity index (χ2n) is 5.78. The lowest BCUT2D eigenvalue weighted by Gasteiger charge is -2.35. The lowest BCUT2D eigenvalue weighted by Crippen LogP contribution is -2.53. The first-order chi connectivity index (χ1) is 10.6. The fourth-order valence-electron chi connectivity index (χ4n) is 3.37. The normalized spacial score (nSPS) is 29.9. The van der Waals surface area contributed by atoms with Crippen LogP contribution in [-0.4, -0.2) is 37.2 Å². The number of fused-ring (bicyclic) bond motifs is 2. The first kappa shape index (κ1) is 15.3. The summed E-state index contributed by atoms with van der Waals surface area (Å²) in [6.45, 7) is 0. The van der Waals surface area contributed by atoms with Gasteiger partial charge in [-0.15, -0.1) is 0 Å². The van der Waals surface area contributed by atoms with Crippen molar-refractivity contribution in [3.8, 4) is 0 Å². The first-order valence-electron chi connectivity index (χ1n) is 7.39. The van der Waals surface area contributed by atoms with Crippen molar-refractivity contribution in [1.29, 1.82) is 0 Å². The smallest absolute Gasteiger partial charge is 0.338 e. The standard InChI is InChI=1S/C16H18ClNO4/c1-21-16(20)14-12-7-6-11(18-12)8-13(14)22-15(19)9-2-4-10(17)5-3-9/h2-5,11-14,18H,6-8H2,1H3/t11-,12+,13-,14+/m0/s1. The van der Waals surface area contributed by atoms with Crippen LogP contribution in [0.25, 0.3) is 0 Å². The van der Waals surface area contributed by atoms with E-state index in [4.69, 9.17) is 21.1 Å². The minimum absolute atomic E-state index is 0.0224. The highest BCUT2D eigenvalue weighted by atomic mass is 35.5. The van der Waals surface area contributed by atoms with Crippen LogP contribution in [0.5, 0.6) is 0 Å². The van der Waals surface area contributed by atoms with E-state index in [0.717, 1.165) is 12.8 Å². The Morgan fingerprint density at radius 2 is 1.95 bits per heavy atom. The van der Waals surface area contributed by atoms with Gasteiger partial charge in [-0.05, 0) is 37.1 Å². The van der Waals surface area contributed by atoms with Gasteiger partial charge in [-0.1, -0.05) is 11.6 Å². The van der Waals surface area contributed by atoms with Crippen LogP contribution in [0.1, 0.15) is 29.6 Å². The number of carbonyl (C=O) groups excluding carboxylic acids is 2. The van der Waals surface area contributed by atoms with Crippen LogP contribution < -0.4 is 5.32 Å². The topological polar surface area (TPSA) is 64.6 Å². The average molecular weight is 324 g/mol. The van der Waals surface area contributed by atoms with E-state index in [1.807, 2.05) is 0 Å². The van der Waals surface area contributed by atoms with Crippen LogP contribution in [0.4, 0.5) is 0 Å². The van der Waals surface area contributed by atoms with E-state index in [9.17, 15) is 9.59 Å². The van der Waals surface area contributed by atoms with Gasteiger partial charge in [0.05, 0.1) is 12.7 Å². The highest BCUT2D eigenvalue weighted by Gasteiger charge is 2.47. The summed E-state index contributed by atoms with van der Waals surface area (Å²) < 4.78 is 10.5. The Labute approximate surface area is 133 Å². The molecule has 0 unspecified atom stereocenters. The van der Waals surface area contributed by atoms with Gasteiger partial charge in [0.1, 0.15) is 12.0 Å². The molecule has 2 heterocycles. The van der Waals surface area contributed by atoms with E-state index in [2.05, 4.69) is 5.32 Å². The second kappa shape index (κ2) is 6.26. The summed E-state index contributed by atoms with van der Waals surface area (Å²) in [6, 6.07) is 6.84. The number of benzene rings is 1. The number of rotatable bonds is 3. The zero-order valence-electron chi connectivity index (χ0n) is 12.3. The van der Waals surface area contributed by atoms with E-state index >= 15 is 0 Å². The number of hydrogen-bond donors (Lipinski definition) is 1. The zero-order valence-corrected chi connectivity index (χ0v) is 13.0. The summed E-state index contributed by atoms with van der Waals surface area (Å²) in [5.41, 5.74) is 0.430. The first-order valence-corrected chi connectivity index (χ1v) is 7.76. The van der Waals surface area contributed by atoms with Crippen molar-refractivity contribution in [2.45, 2.75) is 37.5 Å².